The summed E-state index contributed by atoms with van der Waals surface area (Å²) in [6, 6.07) is 1.22. The Bertz CT molecular complexity index is 321. The summed E-state index contributed by atoms with van der Waals surface area (Å²) in [7, 11) is 0. The van der Waals surface area contributed by atoms with Gasteiger partial charge in [0, 0.05) is 11.0 Å². The third-order valence-corrected chi connectivity index (χ3v) is 3.04. The van der Waals surface area contributed by atoms with Gasteiger partial charge in [0.25, 0.3) is 0 Å². The summed E-state index contributed by atoms with van der Waals surface area (Å²) in [5, 5.41) is 22.0. The van der Waals surface area contributed by atoms with Crippen LogP contribution in [0.2, 0.25) is 0 Å². The fourth-order valence-corrected chi connectivity index (χ4v) is 2.18. The number of aliphatic hydroxyl groups is 1. The SMILES string of the molecule is N#C/C=C/[C@H](N=[N+]=[N-])[C@H](O)C1CCCCC1. The van der Waals surface area contributed by atoms with Crippen LogP contribution in [-0.4, -0.2) is 17.3 Å². The molecule has 0 aromatic rings. The van der Waals surface area contributed by atoms with E-state index < -0.39 is 12.1 Å². The van der Waals surface area contributed by atoms with Crippen molar-refractivity contribution in [2.24, 2.45) is 11.0 Å². The van der Waals surface area contributed by atoms with Crippen LogP contribution in [0.3, 0.4) is 0 Å². The first-order valence-corrected chi connectivity index (χ1v) is 5.58. The van der Waals surface area contributed by atoms with Crippen molar-refractivity contribution in [3.8, 4) is 6.07 Å². The van der Waals surface area contributed by atoms with Gasteiger partial charge < -0.3 is 5.11 Å². The lowest BCUT2D eigenvalue weighted by Gasteiger charge is -2.28. The maximum atomic E-state index is 10.1. The average molecular weight is 220 g/mol. The highest BCUT2D eigenvalue weighted by Gasteiger charge is 2.26. The number of rotatable bonds is 4. The molecule has 0 saturated heterocycles. The van der Waals surface area contributed by atoms with Crippen LogP contribution >= 0.6 is 0 Å². The fourth-order valence-electron chi connectivity index (χ4n) is 2.18. The van der Waals surface area contributed by atoms with E-state index in [1.54, 1.807) is 0 Å². The molecule has 86 valence electrons. The highest BCUT2D eigenvalue weighted by molar-refractivity contribution is 5.09. The van der Waals surface area contributed by atoms with Gasteiger partial charge >= 0.3 is 0 Å². The first-order chi connectivity index (χ1) is 7.79. The van der Waals surface area contributed by atoms with Crippen molar-refractivity contribution >= 4 is 0 Å². The van der Waals surface area contributed by atoms with Gasteiger partial charge in [0.2, 0.25) is 0 Å². The first kappa shape index (κ1) is 12.6. The molecule has 0 aromatic heterocycles. The number of nitriles is 1. The molecule has 0 spiro atoms. The minimum absolute atomic E-state index is 0.188. The third kappa shape index (κ3) is 3.58. The van der Waals surface area contributed by atoms with Gasteiger partial charge in [-0.15, -0.1) is 0 Å². The van der Waals surface area contributed by atoms with Gasteiger partial charge in [-0.05, 0) is 24.3 Å². The number of aliphatic hydroxyl groups excluding tert-OH is 1. The molecule has 0 amide bonds. The highest BCUT2D eigenvalue weighted by atomic mass is 16.3. The fraction of sp³-hybridized carbons (Fsp3) is 0.727. The summed E-state index contributed by atoms with van der Waals surface area (Å²) >= 11 is 0. The van der Waals surface area contributed by atoms with E-state index in [2.05, 4.69) is 10.0 Å². The van der Waals surface area contributed by atoms with Gasteiger partial charge in [0.1, 0.15) is 0 Å². The molecular weight excluding hydrogens is 204 g/mol. The highest BCUT2D eigenvalue weighted by Crippen LogP contribution is 2.28. The molecule has 2 atom stereocenters. The molecular formula is C11H16N4O. The number of hydrogen-bond donors (Lipinski definition) is 1. The molecule has 0 heterocycles. The van der Waals surface area contributed by atoms with Gasteiger partial charge in [0.05, 0.1) is 18.2 Å². The van der Waals surface area contributed by atoms with Crippen LogP contribution in [0.4, 0.5) is 0 Å². The number of allylic oxidation sites excluding steroid dienone is 1. The smallest absolute Gasteiger partial charge is 0.0908 e. The quantitative estimate of drug-likeness (QED) is 0.341. The third-order valence-electron chi connectivity index (χ3n) is 3.04. The van der Waals surface area contributed by atoms with Crippen LogP contribution in [0.15, 0.2) is 17.3 Å². The Morgan fingerprint density at radius 1 is 1.44 bits per heavy atom. The van der Waals surface area contributed by atoms with Crippen molar-refractivity contribution in [2.45, 2.75) is 44.2 Å². The Morgan fingerprint density at radius 3 is 2.69 bits per heavy atom. The zero-order valence-electron chi connectivity index (χ0n) is 9.16. The standard InChI is InChI=1S/C11H16N4O/c12-8-4-7-10(14-15-13)11(16)9-5-2-1-3-6-9/h4,7,9-11,16H,1-3,5-6H2/b7-4+/t10-,11+/m0/s1. The molecule has 1 N–H and O–H groups in total. The Morgan fingerprint density at radius 2 is 2.12 bits per heavy atom. The summed E-state index contributed by atoms with van der Waals surface area (Å²) in [6.45, 7) is 0. The van der Waals surface area contributed by atoms with Crippen molar-refractivity contribution in [1.82, 2.24) is 0 Å². The number of nitrogens with zero attached hydrogens (tertiary/aromatic N) is 4. The summed E-state index contributed by atoms with van der Waals surface area (Å²) in [4.78, 5) is 2.71. The Kier molecular flexibility index (Phi) is 5.41. The molecule has 5 nitrogen and oxygen atoms in total. The largest absolute Gasteiger partial charge is 0.392 e. The van der Waals surface area contributed by atoms with Crippen LogP contribution in [-0.2, 0) is 0 Å². The minimum Gasteiger partial charge on any atom is -0.392 e. The molecule has 0 aliphatic heterocycles. The van der Waals surface area contributed by atoms with Crippen LogP contribution in [0.1, 0.15) is 32.1 Å². The van der Waals surface area contributed by atoms with Gasteiger partial charge in [-0.1, -0.05) is 30.5 Å². The molecule has 1 fully saturated rings. The number of hydrogen-bond acceptors (Lipinski definition) is 3. The minimum atomic E-state index is -0.666. The van der Waals surface area contributed by atoms with E-state index in [1.807, 2.05) is 6.07 Å². The van der Waals surface area contributed by atoms with Crippen molar-refractivity contribution in [3.05, 3.63) is 22.6 Å². The molecule has 1 rings (SSSR count). The molecule has 0 aromatic carbocycles. The van der Waals surface area contributed by atoms with E-state index in [9.17, 15) is 5.11 Å². The lowest BCUT2D eigenvalue weighted by molar-refractivity contribution is 0.0743. The molecule has 5 heteroatoms. The first-order valence-electron chi connectivity index (χ1n) is 5.58. The monoisotopic (exact) mass is 220 g/mol. The summed E-state index contributed by atoms with van der Waals surface area (Å²) in [5.41, 5.74) is 8.41. The summed E-state index contributed by atoms with van der Waals surface area (Å²) in [5.74, 6) is 0.188. The molecule has 16 heavy (non-hydrogen) atoms. The van der Waals surface area contributed by atoms with E-state index in [0.717, 1.165) is 25.7 Å². The Hall–Kier alpha value is -1.50. The van der Waals surface area contributed by atoms with Crippen molar-refractivity contribution < 1.29 is 5.11 Å². The van der Waals surface area contributed by atoms with Crippen LogP contribution in [0, 0.1) is 17.2 Å². The van der Waals surface area contributed by atoms with Gasteiger partial charge in [-0.2, -0.15) is 5.26 Å². The predicted octanol–water partition coefficient (Wildman–Crippen LogP) is 2.69. The summed E-state index contributed by atoms with van der Waals surface area (Å²) < 4.78 is 0. The van der Waals surface area contributed by atoms with E-state index in [4.69, 9.17) is 10.8 Å². The van der Waals surface area contributed by atoms with Gasteiger partial charge in [0.15, 0.2) is 0 Å². The molecule has 1 aliphatic carbocycles. The zero-order chi connectivity index (χ0) is 11.8. The van der Waals surface area contributed by atoms with E-state index in [0.29, 0.717) is 0 Å². The topological polar surface area (TPSA) is 92.8 Å². The maximum absolute atomic E-state index is 10.1. The predicted molar refractivity (Wildman–Crippen MR) is 60.3 cm³/mol. The second-order valence-corrected chi connectivity index (χ2v) is 4.07. The number of azide groups is 1. The molecule has 1 aliphatic rings. The van der Waals surface area contributed by atoms with Crippen molar-refractivity contribution in [1.29, 1.82) is 5.26 Å². The van der Waals surface area contributed by atoms with Gasteiger partial charge in [-0.25, -0.2) is 0 Å². The molecule has 0 unspecified atom stereocenters. The maximum Gasteiger partial charge on any atom is 0.0908 e. The second kappa shape index (κ2) is 6.89. The molecule has 1 saturated carbocycles. The molecule has 0 bridgehead atoms. The zero-order valence-corrected chi connectivity index (χ0v) is 9.16. The van der Waals surface area contributed by atoms with Crippen LogP contribution < -0.4 is 0 Å². The Balaban J connectivity index is 2.65. The molecule has 0 radical (unpaired) electrons. The van der Waals surface area contributed by atoms with Crippen LogP contribution in [0.5, 0.6) is 0 Å². The van der Waals surface area contributed by atoms with Gasteiger partial charge in [-0.3, -0.25) is 0 Å². The lowest BCUT2D eigenvalue weighted by atomic mass is 9.83. The normalized spacial score (nSPS) is 21.0. The van der Waals surface area contributed by atoms with E-state index in [-0.39, 0.29) is 5.92 Å². The Labute approximate surface area is 95.0 Å². The van der Waals surface area contributed by atoms with Crippen molar-refractivity contribution in [2.75, 3.05) is 0 Å². The lowest BCUT2D eigenvalue weighted by Crippen LogP contribution is -2.32. The average Bonchev–Trinajstić information content (AvgIpc) is 2.35. The van der Waals surface area contributed by atoms with E-state index >= 15 is 0 Å². The van der Waals surface area contributed by atoms with Crippen molar-refractivity contribution in [3.63, 3.8) is 0 Å². The second-order valence-electron chi connectivity index (χ2n) is 4.07. The summed E-state index contributed by atoms with van der Waals surface area (Å²) in [6.07, 6.45) is 7.45. The van der Waals surface area contributed by atoms with Crippen LogP contribution in [0.25, 0.3) is 10.4 Å². The van der Waals surface area contributed by atoms with E-state index in [1.165, 1.54) is 18.6 Å².